The van der Waals surface area contributed by atoms with E-state index in [4.69, 9.17) is 0 Å². The van der Waals surface area contributed by atoms with Gasteiger partial charge in [-0.1, -0.05) is 67.3 Å². The topological polar surface area (TPSA) is 73.5 Å². The minimum atomic E-state index is -0.255. The van der Waals surface area contributed by atoms with Gasteiger partial charge in [0.25, 0.3) is 11.8 Å². The van der Waals surface area contributed by atoms with Crippen LogP contribution < -0.4 is 16.0 Å². The van der Waals surface area contributed by atoms with E-state index in [9.17, 15) is 9.59 Å². The zero-order valence-electron chi connectivity index (χ0n) is 21.8. The lowest BCUT2D eigenvalue weighted by molar-refractivity contribution is -0.116. The first-order valence-corrected chi connectivity index (χ1v) is 13.0. The number of carbonyl (C=O) groups excluding carboxylic acids is 2. The highest BCUT2D eigenvalue weighted by atomic mass is 16.2. The predicted molar refractivity (Wildman–Crippen MR) is 153 cm³/mol. The van der Waals surface area contributed by atoms with Crippen LogP contribution in [0.4, 0.5) is 11.4 Å². The van der Waals surface area contributed by atoms with E-state index in [0.717, 1.165) is 54.7 Å². The Balaban J connectivity index is 1.44. The highest BCUT2D eigenvalue weighted by molar-refractivity contribution is 6.37. The molecule has 6 nitrogen and oxygen atoms in total. The van der Waals surface area contributed by atoms with Crippen LogP contribution in [0.3, 0.4) is 0 Å². The van der Waals surface area contributed by atoms with Crippen molar-refractivity contribution >= 4 is 34.5 Å². The summed E-state index contributed by atoms with van der Waals surface area (Å²) >= 11 is 0. The Morgan fingerprint density at radius 1 is 1.00 bits per heavy atom. The summed E-state index contributed by atoms with van der Waals surface area (Å²) in [7, 11) is 4.09. The number of benzene rings is 3. The molecule has 3 N–H and O–H groups in total. The molecule has 6 heteroatoms. The van der Waals surface area contributed by atoms with Gasteiger partial charge in [0.05, 0.1) is 17.0 Å². The quantitative estimate of drug-likeness (QED) is 0.323. The van der Waals surface area contributed by atoms with Crippen LogP contribution in [0.1, 0.15) is 47.9 Å². The molecule has 1 aliphatic carbocycles. The fourth-order valence-electron chi connectivity index (χ4n) is 5.01. The van der Waals surface area contributed by atoms with E-state index >= 15 is 0 Å². The maximum atomic E-state index is 13.3. The van der Waals surface area contributed by atoms with E-state index in [-0.39, 0.29) is 17.9 Å². The Hall–Kier alpha value is -4.34. The molecule has 1 fully saturated rings. The summed E-state index contributed by atoms with van der Waals surface area (Å²) < 4.78 is 0. The SMILES string of the molecule is CN(C)Cc1ccc(N/C(=C2\C(=O)Nc3cc(C#CC(=O)NC4CCCC4)ccc32)c2ccccc2)cc1. The van der Waals surface area contributed by atoms with Crippen molar-refractivity contribution < 1.29 is 9.59 Å². The van der Waals surface area contributed by atoms with Gasteiger partial charge in [-0.05, 0) is 62.3 Å². The lowest BCUT2D eigenvalue weighted by Crippen LogP contribution is -2.31. The Bertz CT molecular complexity index is 1420. The molecule has 2 aliphatic rings. The van der Waals surface area contributed by atoms with Gasteiger partial charge in [0, 0.05) is 35.3 Å². The third kappa shape index (κ3) is 5.96. The molecule has 0 bridgehead atoms. The normalized spacial score (nSPS) is 15.9. The second-order valence-electron chi connectivity index (χ2n) is 10.1. The first-order valence-electron chi connectivity index (χ1n) is 13.0. The second kappa shape index (κ2) is 11.4. The number of hydrogen-bond acceptors (Lipinski definition) is 4. The predicted octanol–water partition coefficient (Wildman–Crippen LogP) is 5.09. The lowest BCUT2D eigenvalue weighted by atomic mass is 9.99. The molecular formula is C32H32N4O2. The first kappa shape index (κ1) is 25.3. The van der Waals surface area contributed by atoms with E-state index in [1.54, 1.807) is 0 Å². The monoisotopic (exact) mass is 504 g/mol. The summed E-state index contributed by atoms with van der Waals surface area (Å²) in [5.74, 6) is 5.21. The average Bonchev–Trinajstić information content (AvgIpc) is 3.53. The molecule has 1 aliphatic heterocycles. The second-order valence-corrected chi connectivity index (χ2v) is 10.1. The zero-order valence-corrected chi connectivity index (χ0v) is 21.8. The number of carbonyl (C=O) groups is 2. The van der Waals surface area contributed by atoms with Crippen molar-refractivity contribution in [2.75, 3.05) is 24.7 Å². The Morgan fingerprint density at radius 3 is 2.45 bits per heavy atom. The van der Waals surface area contributed by atoms with Crippen molar-refractivity contribution in [3.8, 4) is 11.8 Å². The maximum Gasteiger partial charge on any atom is 0.296 e. The van der Waals surface area contributed by atoms with Crippen molar-refractivity contribution in [2.24, 2.45) is 0 Å². The van der Waals surface area contributed by atoms with Crippen LogP contribution in [0.25, 0.3) is 11.3 Å². The van der Waals surface area contributed by atoms with Crippen molar-refractivity contribution in [3.05, 3.63) is 95.1 Å². The van der Waals surface area contributed by atoms with Crippen LogP contribution in [-0.4, -0.2) is 36.9 Å². The minimum absolute atomic E-state index is 0.181. The fourth-order valence-corrected chi connectivity index (χ4v) is 5.01. The van der Waals surface area contributed by atoms with Crippen molar-refractivity contribution in [2.45, 2.75) is 38.3 Å². The van der Waals surface area contributed by atoms with E-state index in [1.807, 2.05) is 74.8 Å². The van der Waals surface area contributed by atoms with Gasteiger partial charge in [-0.2, -0.15) is 0 Å². The van der Waals surface area contributed by atoms with Gasteiger partial charge in [0.2, 0.25) is 0 Å². The molecule has 3 aromatic carbocycles. The van der Waals surface area contributed by atoms with Crippen LogP contribution in [-0.2, 0) is 16.1 Å². The molecule has 0 atom stereocenters. The lowest BCUT2D eigenvalue weighted by Gasteiger charge is -2.16. The molecule has 0 radical (unpaired) electrons. The van der Waals surface area contributed by atoms with Gasteiger partial charge in [-0.25, -0.2) is 0 Å². The molecule has 192 valence electrons. The van der Waals surface area contributed by atoms with Gasteiger partial charge < -0.3 is 20.9 Å². The average molecular weight is 505 g/mol. The molecular weight excluding hydrogens is 472 g/mol. The van der Waals surface area contributed by atoms with Gasteiger partial charge in [0.1, 0.15) is 0 Å². The van der Waals surface area contributed by atoms with E-state index < -0.39 is 0 Å². The largest absolute Gasteiger partial charge is 0.354 e. The molecule has 0 saturated heterocycles. The van der Waals surface area contributed by atoms with Crippen LogP contribution >= 0.6 is 0 Å². The van der Waals surface area contributed by atoms with E-state index in [2.05, 4.69) is 44.8 Å². The molecule has 1 heterocycles. The van der Waals surface area contributed by atoms with Gasteiger partial charge in [-0.3, -0.25) is 9.59 Å². The first-order chi connectivity index (χ1) is 18.5. The van der Waals surface area contributed by atoms with Crippen LogP contribution in [0.15, 0.2) is 72.8 Å². The maximum absolute atomic E-state index is 13.3. The van der Waals surface area contributed by atoms with Gasteiger partial charge in [0.15, 0.2) is 0 Å². The number of anilines is 2. The van der Waals surface area contributed by atoms with Crippen molar-refractivity contribution in [1.82, 2.24) is 10.2 Å². The fraction of sp³-hybridized carbons (Fsp3) is 0.250. The number of fused-ring (bicyclic) bond motifs is 1. The summed E-state index contributed by atoms with van der Waals surface area (Å²) in [4.78, 5) is 27.6. The molecule has 3 aromatic rings. The molecule has 5 rings (SSSR count). The molecule has 0 spiro atoms. The highest BCUT2D eigenvalue weighted by Gasteiger charge is 2.28. The molecule has 0 unspecified atom stereocenters. The van der Waals surface area contributed by atoms with E-state index in [0.29, 0.717) is 16.8 Å². The highest BCUT2D eigenvalue weighted by Crippen LogP contribution is 2.38. The Kier molecular flexibility index (Phi) is 7.57. The smallest absolute Gasteiger partial charge is 0.296 e. The van der Waals surface area contributed by atoms with Crippen molar-refractivity contribution in [3.63, 3.8) is 0 Å². The summed E-state index contributed by atoms with van der Waals surface area (Å²) in [6.45, 7) is 0.857. The summed E-state index contributed by atoms with van der Waals surface area (Å²) in [5, 5.41) is 9.48. The van der Waals surface area contributed by atoms with Crippen LogP contribution in [0.5, 0.6) is 0 Å². The third-order valence-electron chi connectivity index (χ3n) is 6.81. The number of hydrogen-bond donors (Lipinski definition) is 3. The number of amides is 2. The summed E-state index contributed by atoms with van der Waals surface area (Å²) in [6.07, 6.45) is 4.34. The number of nitrogens with one attached hydrogen (secondary N) is 3. The Morgan fingerprint density at radius 2 is 1.74 bits per heavy atom. The third-order valence-corrected chi connectivity index (χ3v) is 6.81. The van der Waals surface area contributed by atoms with Crippen molar-refractivity contribution in [1.29, 1.82) is 0 Å². The van der Waals surface area contributed by atoms with Gasteiger partial charge in [-0.15, -0.1) is 0 Å². The summed E-state index contributed by atoms with van der Waals surface area (Å²) in [6, 6.07) is 23.9. The molecule has 38 heavy (non-hydrogen) atoms. The number of rotatable bonds is 6. The van der Waals surface area contributed by atoms with E-state index in [1.165, 1.54) is 5.56 Å². The molecule has 1 saturated carbocycles. The van der Waals surface area contributed by atoms with Crippen LogP contribution in [0, 0.1) is 11.8 Å². The standard InChI is InChI=1S/C32H32N4O2/c1-36(2)21-23-12-16-26(17-13-23)34-31(24-8-4-3-5-9-24)30-27-18-14-22(20-28(27)35-32(30)38)15-19-29(37)33-25-10-6-7-11-25/h3-5,8-9,12-14,16-18,20,25,34H,6-7,10-11,21H2,1-2H3,(H,33,37)(H,35,38)/b31-30-. The molecule has 2 amide bonds. The Labute approximate surface area is 224 Å². The summed E-state index contributed by atoms with van der Waals surface area (Å²) in [5.41, 5.74) is 6.49. The molecule has 0 aromatic heterocycles. The zero-order chi connectivity index (χ0) is 26.5. The minimum Gasteiger partial charge on any atom is -0.354 e. The van der Waals surface area contributed by atoms with Gasteiger partial charge >= 0.3 is 0 Å². The number of nitrogens with zero attached hydrogens (tertiary/aromatic N) is 1. The van der Waals surface area contributed by atoms with Crippen LogP contribution in [0.2, 0.25) is 0 Å².